The molecule has 0 aromatic heterocycles. The molecule has 4 heteroatoms. The topological polar surface area (TPSA) is 68.3 Å². The second kappa shape index (κ2) is 16.5. The molecular formula is C20H24O4. The van der Waals surface area contributed by atoms with Gasteiger partial charge in [-0.2, -0.15) is 0 Å². The number of allylic oxidation sites excluding steroid dienone is 12. The van der Waals surface area contributed by atoms with Crippen LogP contribution < -0.4 is 0 Å². The van der Waals surface area contributed by atoms with Crippen molar-refractivity contribution in [1.29, 1.82) is 0 Å². The van der Waals surface area contributed by atoms with Crippen LogP contribution in [0, 0.1) is 0 Å². The van der Waals surface area contributed by atoms with E-state index in [1.54, 1.807) is 76.3 Å². The lowest BCUT2D eigenvalue weighted by molar-refractivity contribution is -0.105. The van der Waals surface area contributed by atoms with Crippen molar-refractivity contribution in [3.8, 4) is 0 Å². The molecule has 0 aromatic rings. The third kappa shape index (κ3) is 17.2. The molecule has 0 aliphatic heterocycles. The van der Waals surface area contributed by atoms with Gasteiger partial charge in [-0.15, -0.1) is 0 Å². The first-order chi connectivity index (χ1) is 11.4. The highest BCUT2D eigenvalue weighted by Gasteiger charge is 1.80. The number of carbonyl (C=O) groups is 4. The van der Waals surface area contributed by atoms with E-state index < -0.39 is 0 Å². The van der Waals surface area contributed by atoms with E-state index in [4.69, 9.17) is 0 Å². The molecule has 0 aromatic carbocycles. The van der Waals surface area contributed by atoms with Crippen LogP contribution in [0.1, 0.15) is 27.7 Å². The Balaban J connectivity index is 0. The summed E-state index contributed by atoms with van der Waals surface area (Å²) in [6.07, 6.45) is 16.7. The lowest BCUT2D eigenvalue weighted by Crippen LogP contribution is -1.73. The van der Waals surface area contributed by atoms with Crippen molar-refractivity contribution in [3.63, 3.8) is 0 Å². The Morgan fingerprint density at radius 3 is 0.708 bits per heavy atom. The predicted molar refractivity (Wildman–Crippen MR) is 97.6 cm³/mol. The number of hydrogen-bond donors (Lipinski definition) is 0. The van der Waals surface area contributed by atoms with Crippen molar-refractivity contribution < 1.29 is 19.2 Å². The maximum Gasteiger partial charge on any atom is 0.145 e. The highest BCUT2D eigenvalue weighted by Crippen LogP contribution is 1.91. The predicted octanol–water partition coefficient (Wildman–Crippen LogP) is 3.67. The van der Waals surface area contributed by atoms with E-state index in [0.29, 0.717) is 22.3 Å². The maximum atomic E-state index is 10.1. The van der Waals surface area contributed by atoms with E-state index in [0.717, 1.165) is 25.1 Å². The number of hydrogen-bond acceptors (Lipinski definition) is 4. The van der Waals surface area contributed by atoms with E-state index in [9.17, 15) is 19.2 Å². The Hall–Kier alpha value is -2.88. The fourth-order valence-electron chi connectivity index (χ4n) is 0.986. The first-order valence-corrected chi connectivity index (χ1v) is 7.25. The van der Waals surface area contributed by atoms with Crippen molar-refractivity contribution in [2.24, 2.45) is 0 Å². The molecule has 0 aliphatic rings. The highest BCUT2D eigenvalue weighted by molar-refractivity contribution is 5.74. The third-order valence-electron chi connectivity index (χ3n) is 2.40. The SMILES string of the molecule is CC(C=O)=CC=CC=C(C)C=O.CC(C=O)=CC=CC=C(C)C=O. The standard InChI is InChI=1S/2C10H12O2/c2*1-9(7-11)5-3-4-6-10(2)8-12/h2*3-8H,1-2H3. The van der Waals surface area contributed by atoms with Gasteiger partial charge in [-0.05, 0) is 50.0 Å². The van der Waals surface area contributed by atoms with Gasteiger partial charge in [0.15, 0.2) is 0 Å². The lowest BCUT2D eigenvalue weighted by Gasteiger charge is -1.81. The van der Waals surface area contributed by atoms with Crippen LogP contribution in [-0.2, 0) is 19.2 Å². The Morgan fingerprint density at radius 1 is 0.417 bits per heavy atom. The van der Waals surface area contributed by atoms with Crippen molar-refractivity contribution in [3.05, 3.63) is 70.9 Å². The Labute approximate surface area is 143 Å². The summed E-state index contributed by atoms with van der Waals surface area (Å²) in [5.74, 6) is 0. The molecule has 0 bridgehead atoms. The molecule has 24 heavy (non-hydrogen) atoms. The normalized spacial score (nSPS) is 13.5. The van der Waals surface area contributed by atoms with Crippen LogP contribution in [0.25, 0.3) is 0 Å². The number of carbonyl (C=O) groups excluding carboxylic acids is 4. The highest BCUT2D eigenvalue weighted by atomic mass is 16.1. The Morgan fingerprint density at radius 2 is 0.583 bits per heavy atom. The Kier molecular flexibility index (Phi) is 16.1. The summed E-state index contributed by atoms with van der Waals surface area (Å²) in [5, 5.41) is 0. The average molecular weight is 328 g/mol. The minimum atomic E-state index is 0.656. The summed E-state index contributed by atoms with van der Waals surface area (Å²) in [5.41, 5.74) is 2.62. The molecule has 128 valence electrons. The second-order valence-corrected chi connectivity index (χ2v) is 4.88. The summed E-state index contributed by atoms with van der Waals surface area (Å²) in [7, 11) is 0. The molecule has 0 heterocycles. The van der Waals surface area contributed by atoms with E-state index in [2.05, 4.69) is 0 Å². The molecule has 0 saturated heterocycles. The van der Waals surface area contributed by atoms with Gasteiger partial charge < -0.3 is 0 Å². The fraction of sp³-hybridized carbons (Fsp3) is 0.200. The third-order valence-corrected chi connectivity index (χ3v) is 2.40. The molecule has 0 aliphatic carbocycles. The van der Waals surface area contributed by atoms with Crippen LogP contribution in [0.15, 0.2) is 70.9 Å². The first kappa shape index (κ1) is 23.4. The van der Waals surface area contributed by atoms with Gasteiger partial charge in [-0.3, -0.25) is 19.2 Å². The lowest BCUT2D eigenvalue weighted by atomic mass is 10.2. The van der Waals surface area contributed by atoms with Gasteiger partial charge in [-0.25, -0.2) is 0 Å². The van der Waals surface area contributed by atoms with Crippen LogP contribution in [0.5, 0.6) is 0 Å². The van der Waals surface area contributed by atoms with E-state index in [1.807, 2.05) is 0 Å². The number of rotatable bonds is 8. The molecule has 0 unspecified atom stereocenters. The van der Waals surface area contributed by atoms with Gasteiger partial charge in [0.05, 0.1) is 0 Å². The maximum absolute atomic E-state index is 10.1. The van der Waals surface area contributed by atoms with E-state index in [1.165, 1.54) is 0 Å². The molecule has 4 nitrogen and oxygen atoms in total. The van der Waals surface area contributed by atoms with Gasteiger partial charge in [0.25, 0.3) is 0 Å². The molecule has 0 N–H and O–H groups in total. The van der Waals surface area contributed by atoms with Crippen molar-refractivity contribution in [2.45, 2.75) is 27.7 Å². The quantitative estimate of drug-likeness (QED) is 0.387. The van der Waals surface area contributed by atoms with Gasteiger partial charge >= 0.3 is 0 Å². The fourth-order valence-corrected chi connectivity index (χ4v) is 0.986. The molecule has 0 fully saturated rings. The summed E-state index contributed by atoms with van der Waals surface area (Å²) < 4.78 is 0. The van der Waals surface area contributed by atoms with Crippen LogP contribution >= 0.6 is 0 Å². The minimum absolute atomic E-state index is 0.656. The van der Waals surface area contributed by atoms with E-state index >= 15 is 0 Å². The van der Waals surface area contributed by atoms with Crippen molar-refractivity contribution in [2.75, 3.05) is 0 Å². The largest absolute Gasteiger partial charge is 0.298 e. The van der Waals surface area contributed by atoms with Crippen LogP contribution in [0.3, 0.4) is 0 Å². The summed E-state index contributed by atoms with van der Waals surface area (Å²) in [6.45, 7) is 6.86. The Bertz CT molecular complexity index is 491. The monoisotopic (exact) mass is 328 g/mol. The van der Waals surface area contributed by atoms with Crippen molar-refractivity contribution >= 4 is 25.1 Å². The van der Waals surface area contributed by atoms with Gasteiger partial charge in [0, 0.05) is 0 Å². The number of aldehydes is 4. The second-order valence-electron chi connectivity index (χ2n) is 4.88. The molecule has 0 spiro atoms. The molecule has 0 rings (SSSR count). The summed E-state index contributed by atoms with van der Waals surface area (Å²) in [4.78, 5) is 40.5. The van der Waals surface area contributed by atoms with Crippen molar-refractivity contribution in [1.82, 2.24) is 0 Å². The van der Waals surface area contributed by atoms with Crippen LogP contribution in [0.4, 0.5) is 0 Å². The first-order valence-electron chi connectivity index (χ1n) is 7.25. The van der Waals surface area contributed by atoms with E-state index in [-0.39, 0.29) is 0 Å². The van der Waals surface area contributed by atoms with Gasteiger partial charge in [0.2, 0.25) is 0 Å². The summed E-state index contributed by atoms with van der Waals surface area (Å²) >= 11 is 0. The molecular weight excluding hydrogens is 304 g/mol. The van der Waals surface area contributed by atoms with Gasteiger partial charge in [-0.1, -0.05) is 48.6 Å². The zero-order chi connectivity index (χ0) is 18.8. The molecule has 0 saturated carbocycles. The van der Waals surface area contributed by atoms with Gasteiger partial charge in [0.1, 0.15) is 25.1 Å². The summed E-state index contributed by atoms with van der Waals surface area (Å²) in [6, 6.07) is 0. The zero-order valence-corrected chi connectivity index (χ0v) is 14.6. The zero-order valence-electron chi connectivity index (χ0n) is 14.6. The molecule has 0 atom stereocenters. The van der Waals surface area contributed by atoms with Crippen LogP contribution in [0.2, 0.25) is 0 Å². The smallest absolute Gasteiger partial charge is 0.145 e. The minimum Gasteiger partial charge on any atom is -0.298 e. The van der Waals surface area contributed by atoms with Crippen LogP contribution in [-0.4, -0.2) is 25.1 Å². The molecule has 0 amide bonds. The molecule has 0 radical (unpaired) electrons. The average Bonchev–Trinajstić information content (AvgIpc) is 2.61.